The summed E-state index contributed by atoms with van der Waals surface area (Å²) in [6.45, 7) is 0. The van der Waals surface area contributed by atoms with E-state index in [1.54, 1.807) is 25.3 Å². The van der Waals surface area contributed by atoms with E-state index in [-0.39, 0.29) is 6.10 Å². The smallest absolute Gasteiger partial charge is 0.172 e. The highest BCUT2D eigenvalue weighted by atomic mass is 35.5. The Morgan fingerprint density at radius 3 is 2.74 bits per heavy atom. The number of hydrogen-bond donors (Lipinski definition) is 1. The van der Waals surface area contributed by atoms with Gasteiger partial charge in [-0.1, -0.05) is 16.8 Å². The molecule has 0 spiro atoms. The predicted octanol–water partition coefficient (Wildman–Crippen LogP) is 3.13. The first kappa shape index (κ1) is 12.2. The summed E-state index contributed by atoms with van der Waals surface area (Å²) in [5.74, 6) is 2.01. The number of nitrogen functional groups attached to an aromatic ring is 1. The Bertz CT molecular complexity index is 608. The summed E-state index contributed by atoms with van der Waals surface area (Å²) >= 11 is 6.08. The average molecular weight is 281 g/mol. The van der Waals surface area contributed by atoms with Crippen molar-refractivity contribution < 1.29 is 14.0 Å². The zero-order valence-corrected chi connectivity index (χ0v) is 11.1. The van der Waals surface area contributed by atoms with Crippen molar-refractivity contribution in [3.63, 3.8) is 0 Å². The normalized spacial score (nSPS) is 14.4. The van der Waals surface area contributed by atoms with Gasteiger partial charge in [0, 0.05) is 17.2 Å². The van der Waals surface area contributed by atoms with Crippen LogP contribution < -0.4 is 15.2 Å². The molecule has 2 N–H and O–H groups in total. The van der Waals surface area contributed by atoms with Crippen LogP contribution in [0.15, 0.2) is 22.7 Å². The Kier molecular flexibility index (Phi) is 2.98. The maximum absolute atomic E-state index is 6.08. The van der Waals surface area contributed by atoms with Crippen LogP contribution in [0.25, 0.3) is 11.3 Å². The van der Waals surface area contributed by atoms with Gasteiger partial charge in [0.15, 0.2) is 23.1 Å². The Morgan fingerprint density at radius 1 is 1.37 bits per heavy atom. The zero-order chi connectivity index (χ0) is 13.4. The molecule has 0 aliphatic heterocycles. The third-order valence-electron chi connectivity index (χ3n) is 2.84. The van der Waals surface area contributed by atoms with E-state index in [0.717, 1.165) is 12.8 Å². The van der Waals surface area contributed by atoms with Gasteiger partial charge in [-0.3, -0.25) is 0 Å². The van der Waals surface area contributed by atoms with Crippen molar-refractivity contribution >= 4 is 17.4 Å². The van der Waals surface area contributed by atoms with Crippen LogP contribution in [0.5, 0.6) is 11.5 Å². The van der Waals surface area contributed by atoms with Crippen molar-refractivity contribution in [3.8, 4) is 22.8 Å². The van der Waals surface area contributed by atoms with Crippen molar-refractivity contribution in [1.29, 1.82) is 0 Å². The molecule has 0 bridgehead atoms. The number of benzene rings is 1. The van der Waals surface area contributed by atoms with Crippen molar-refractivity contribution in [2.24, 2.45) is 0 Å². The van der Waals surface area contributed by atoms with E-state index in [0.29, 0.717) is 33.7 Å². The maximum Gasteiger partial charge on any atom is 0.172 e. The van der Waals surface area contributed by atoms with Gasteiger partial charge >= 0.3 is 0 Å². The number of hydrogen-bond acceptors (Lipinski definition) is 5. The van der Waals surface area contributed by atoms with Gasteiger partial charge in [0.05, 0.1) is 18.8 Å². The molecule has 1 fully saturated rings. The maximum atomic E-state index is 6.08. The third-order valence-corrected chi connectivity index (χ3v) is 3.06. The fraction of sp³-hybridized carbons (Fsp3) is 0.308. The number of nitrogens with two attached hydrogens (primary N) is 1. The molecule has 0 saturated heterocycles. The number of anilines is 1. The van der Waals surface area contributed by atoms with Crippen LogP contribution in [-0.2, 0) is 0 Å². The Labute approximate surface area is 115 Å². The predicted molar refractivity (Wildman–Crippen MR) is 71.6 cm³/mol. The van der Waals surface area contributed by atoms with E-state index < -0.39 is 0 Å². The molecule has 1 aliphatic rings. The average Bonchev–Trinajstić information content (AvgIpc) is 3.11. The van der Waals surface area contributed by atoms with Crippen molar-refractivity contribution in [2.45, 2.75) is 18.9 Å². The lowest BCUT2D eigenvalue weighted by Gasteiger charge is -2.13. The minimum absolute atomic E-state index is 0.231. The Balaban J connectivity index is 2.11. The number of nitrogens with zero attached hydrogens (tertiary/aromatic N) is 1. The summed E-state index contributed by atoms with van der Waals surface area (Å²) < 4.78 is 16.4. The van der Waals surface area contributed by atoms with Crippen LogP contribution in [-0.4, -0.2) is 18.4 Å². The van der Waals surface area contributed by atoms with Crippen LogP contribution in [0, 0.1) is 0 Å². The fourth-order valence-corrected chi connectivity index (χ4v) is 2.00. The van der Waals surface area contributed by atoms with E-state index >= 15 is 0 Å². The second kappa shape index (κ2) is 4.66. The van der Waals surface area contributed by atoms with Crippen LogP contribution in [0.3, 0.4) is 0 Å². The van der Waals surface area contributed by atoms with E-state index in [4.69, 9.17) is 31.3 Å². The lowest BCUT2D eigenvalue weighted by Crippen LogP contribution is -2.00. The Morgan fingerprint density at radius 2 is 2.16 bits per heavy atom. The zero-order valence-electron chi connectivity index (χ0n) is 10.4. The number of aromatic nitrogens is 1. The molecule has 6 heteroatoms. The summed E-state index contributed by atoms with van der Waals surface area (Å²) in [7, 11) is 1.57. The minimum atomic E-state index is 0.231. The minimum Gasteiger partial charge on any atom is -0.493 e. The second-order valence-electron chi connectivity index (χ2n) is 4.42. The topological polar surface area (TPSA) is 70.5 Å². The molecule has 0 unspecified atom stereocenters. The van der Waals surface area contributed by atoms with Gasteiger partial charge in [-0.2, -0.15) is 0 Å². The van der Waals surface area contributed by atoms with Gasteiger partial charge in [0.25, 0.3) is 0 Å². The molecule has 1 aromatic carbocycles. The molecule has 5 nitrogen and oxygen atoms in total. The molecule has 1 heterocycles. The molecule has 3 rings (SSSR count). The molecule has 100 valence electrons. The van der Waals surface area contributed by atoms with Gasteiger partial charge < -0.3 is 19.7 Å². The first-order chi connectivity index (χ1) is 9.17. The summed E-state index contributed by atoms with van der Waals surface area (Å²) in [5, 5.41) is 4.21. The molecule has 1 aliphatic carbocycles. The standard InChI is InChI=1S/C13H13ClN2O3/c1-17-11-5-7(14)4-9(10-6-12(15)16-19-10)13(11)18-8-2-3-8/h4-6,8H,2-3H2,1H3,(H2,15,16). The van der Waals surface area contributed by atoms with Crippen LogP contribution in [0.2, 0.25) is 5.02 Å². The molecular weight excluding hydrogens is 268 g/mol. The molecular formula is C13H13ClN2O3. The molecule has 1 aromatic heterocycles. The van der Waals surface area contributed by atoms with Crippen LogP contribution >= 0.6 is 11.6 Å². The third kappa shape index (κ3) is 2.46. The lowest BCUT2D eigenvalue weighted by molar-refractivity contribution is 0.282. The van der Waals surface area contributed by atoms with Crippen LogP contribution in [0.4, 0.5) is 5.82 Å². The summed E-state index contributed by atoms with van der Waals surface area (Å²) in [6, 6.07) is 5.09. The Hall–Kier alpha value is -1.88. The van der Waals surface area contributed by atoms with E-state index in [1.807, 2.05) is 0 Å². The van der Waals surface area contributed by atoms with E-state index in [9.17, 15) is 0 Å². The van der Waals surface area contributed by atoms with Gasteiger partial charge in [-0.15, -0.1) is 0 Å². The molecule has 0 atom stereocenters. The van der Waals surface area contributed by atoms with Gasteiger partial charge in [-0.05, 0) is 18.9 Å². The molecule has 0 radical (unpaired) electrons. The van der Waals surface area contributed by atoms with Crippen molar-refractivity contribution in [2.75, 3.05) is 12.8 Å². The quantitative estimate of drug-likeness (QED) is 0.932. The van der Waals surface area contributed by atoms with E-state index in [2.05, 4.69) is 5.16 Å². The molecule has 0 amide bonds. The number of methoxy groups -OCH3 is 1. The lowest BCUT2D eigenvalue weighted by atomic mass is 10.1. The second-order valence-corrected chi connectivity index (χ2v) is 4.85. The highest BCUT2D eigenvalue weighted by Gasteiger charge is 2.28. The van der Waals surface area contributed by atoms with Gasteiger partial charge in [-0.25, -0.2) is 0 Å². The largest absolute Gasteiger partial charge is 0.493 e. The first-order valence-corrected chi connectivity index (χ1v) is 6.32. The molecule has 2 aromatic rings. The van der Waals surface area contributed by atoms with E-state index in [1.165, 1.54) is 0 Å². The highest BCUT2D eigenvalue weighted by Crippen LogP contribution is 2.43. The number of ether oxygens (including phenoxy) is 2. The van der Waals surface area contributed by atoms with Gasteiger partial charge in [0.1, 0.15) is 0 Å². The summed E-state index contributed by atoms with van der Waals surface area (Å²) in [4.78, 5) is 0. The first-order valence-electron chi connectivity index (χ1n) is 5.94. The highest BCUT2D eigenvalue weighted by molar-refractivity contribution is 6.31. The summed E-state index contributed by atoms with van der Waals surface area (Å²) in [5.41, 5.74) is 6.27. The summed E-state index contributed by atoms with van der Waals surface area (Å²) in [6.07, 6.45) is 2.32. The van der Waals surface area contributed by atoms with Crippen LogP contribution in [0.1, 0.15) is 12.8 Å². The van der Waals surface area contributed by atoms with Crippen molar-refractivity contribution in [1.82, 2.24) is 5.16 Å². The molecule has 1 saturated carbocycles. The number of halogens is 1. The molecule has 19 heavy (non-hydrogen) atoms. The van der Waals surface area contributed by atoms with Gasteiger partial charge in [0.2, 0.25) is 0 Å². The number of rotatable bonds is 4. The fourth-order valence-electron chi connectivity index (χ4n) is 1.79. The SMILES string of the molecule is COc1cc(Cl)cc(-c2cc(N)no2)c1OC1CC1. The monoisotopic (exact) mass is 280 g/mol. The van der Waals surface area contributed by atoms with Crippen molar-refractivity contribution in [3.05, 3.63) is 23.2 Å².